The van der Waals surface area contributed by atoms with E-state index in [1.165, 1.54) is 6.07 Å². The highest BCUT2D eigenvalue weighted by atomic mass is 35.5. The highest BCUT2D eigenvalue weighted by molar-refractivity contribution is 6.31. The van der Waals surface area contributed by atoms with Crippen LogP contribution in [-0.2, 0) is 11.2 Å². The summed E-state index contributed by atoms with van der Waals surface area (Å²) in [7, 11) is 0. The van der Waals surface area contributed by atoms with Crippen molar-refractivity contribution in [2.45, 2.75) is 50.7 Å². The predicted octanol–water partition coefficient (Wildman–Crippen LogP) is 3.70. The fraction of sp³-hybridized carbons (Fsp3) is 0.600. The van der Waals surface area contributed by atoms with Crippen molar-refractivity contribution < 1.29 is 9.13 Å². The second-order valence-corrected chi connectivity index (χ2v) is 5.61. The smallest absolute Gasteiger partial charge is 0.142 e. The normalized spacial score (nSPS) is 19.6. The molecule has 1 atom stereocenters. The van der Waals surface area contributed by atoms with E-state index in [1.54, 1.807) is 6.07 Å². The first kappa shape index (κ1) is 14.8. The lowest BCUT2D eigenvalue weighted by Gasteiger charge is -2.35. The average Bonchev–Trinajstić information content (AvgIpc) is 2.85. The lowest BCUT2D eigenvalue weighted by atomic mass is 9.88. The Labute approximate surface area is 119 Å². The molecule has 0 amide bonds. The van der Waals surface area contributed by atoms with Crippen LogP contribution in [0.3, 0.4) is 0 Å². The molecular formula is C15H21ClFNO. The summed E-state index contributed by atoms with van der Waals surface area (Å²) < 4.78 is 19.4. The molecule has 0 heterocycles. The molecule has 0 radical (unpaired) electrons. The van der Waals surface area contributed by atoms with Gasteiger partial charge < -0.3 is 10.5 Å². The van der Waals surface area contributed by atoms with E-state index in [1.807, 2.05) is 13.0 Å². The Kier molecular flexibility index (Phi) is 4.82. The topological polar surface area (TPSA) is 35.2 Å². The number of nitrogens with two attached hydrogens (primary N) is 1. The Morgan fingerprint density at radius 1 is 1.42 bits per heavy atom. The van der Waals surface area contributed by atoms with Gasteiger partial charge in [0.15, 0.2) is 0 Å². The van der Waals surface area contributed by atoms with Crippen molar-refractivity contribution in [3.8, 4) is 0 Å². The maximum absolute atomic E-state index is 13.4. The lowest BCUT2D eigenvalue weighted by molar-refractivity contribution is -0.0525. The zero-order valence-corrected chi connectivity index (χ0v) is 12.0. The minimum atomic E-state index is -0.386. The van der Waals surface area contributed by atoms with E-state index in [0.29, 0.717) is 13.0 Å². The summed E-state index contributed by atoms with van der Waals surface area (Å²) >= 11 is 6.00. The first-order chi connectivity index (χ1) is 9.09. The molecule has 1 aromatic carbocycles. The molecule has 0 spiro atoms. The minimum Gasteiger partial charge on any atom is -0.374 e. The maximum Gasteiger partial charge on any atom is 0.142 e. The summed E-state index contributed by atoms with van der Waals surface area (Å²) in [6, 6.07) is 4.73. The number of halogens is 2. The van der Waals surface area contributed by atoms with Crippen molar-refractivity contribution in [3.63, 3.8) is 0 Å². The Bertz CT molecular complexity index is 432. The third-order valence-corrected chi connectivity index (χ3v) is 4.45. The van der Waals surface area contributed by atoms with Crippen LogP contribution in [0.4, 0.5) is 4.39 Å². The van der Waals surface area contributed by atoms with Gasteiger partial charge in [-0.1, -0.05) is 36.6 Å². The fourth-order valence-corrected chi connectivity index (χ4v) is 3.22. The minimum absolute atomic E-state index is 0.144. The summed E-state index contributed by atoms with van der Waals surface area (Å²) in [5.41, 5.74) is 6.85. The van der Waals surface area contributed by atoms with Crippen LogP contribution in [-0.4, -0.2) is 18.2 Å². The second kappa shape index (κ2) is 6.21. The largest absolute Gasteiger partial charge is 0.374 e. The monoisotopic (exact) mass is 285 g/mol. The van der Waals surface area contributed by atoms with Gasteiger partial charge in [-0.15, -0.1) is 0 Å². The first-order valence-corrected chi connectivity index (χ1v) is 7.29. The maximum atomic E-state index is 13.4. The van der Waals surface area contributed by atoms with Gasteiger partial charge in [-0.05, 0) is 37.8 Å². The molecular weight excluding hydrogens is 265 g/mol. The molecule has 1 fully saturated rings. The van der Waals surface area contributed by atoms with Crippen LogP contribution in [0.2, 0.25) is 5.02 Å². The van der Waals surface area contributed by atoms with Crippen LogP contribution in [0.25, 0.3) is 0 Å². The van der Waals surface area contributed by atoms with Gasteiger partial charge in [-0.2, -0.15) is 0 Å². The van der Waals surface area contributed by atoms with Gasteiger partial charge in [0, 0.05) is 12.6 Å². The van der Waals surface area contributed by atoms with Gasteiger partial charge in [-0.25, -0.2) is 4.39 Å². The highest BCUT2D eigenvalue weighted by Gasteiger charge is 2.40. The number of ether oxygens (including phenoxy) is 1. The summed E-state index contributed by atoms with van der Waals surface area (Å²) in [6.45, 7) is 2.65. The van der Waals surface area contributed by atoms with Gasteiger partial charge >= 0.3 is 0 Å². The van der Waals surface area contributed by atoms with Gasteiger partial charge in [-0.3, -0.25) is 0 Å². The van der Waals surface area contributed by atoms with Crippen molar-refractivity contribution in [3.05, 3.63) is 34.6 Å². The fourth-order valence-electron chi connectivity index (χ4n) is 3.01. The number of rotatable bonds is 5. The van der Waals surface area contributed by atoms with Crippen LogP contribution in [0, 0.1) is 5.82 Å². The Balaban J connectivity index is 2.15. The molecule has 0 bridgehead atoms. The van der Waals surface area contributed by atoms with Crippen molar-refractivity contribution in [1.82, 2.24) is 0 Å². The summed E-state index contributed by atoms with van der Waals surface area (Å²) in [6.07, 6.45) is 4.80. The van der Waals surface area contributed by atoms with Crippen LogP contribution in [0.1, 0.15) is 38.2 Å². The molecule has 4 heteroatoms. The van der Waals surface area contributed by atoms with Crippen molar-refractivity contribution in [1.29, 1.82) is 0 Å². The van der Waals surface area contributed by atoms with E-state index in [2.05, 4.69) is 0 Å². The Hall–Kier alpha value is -0.640. The molecule has 1 aromatic rings. The number of benzene rings is 1. The molecule has 2 N–H and O–H groups in total. The third kappa shape index (κ3) is 3.10. The van der Waals surface area contributed by atoms with Gasteiger partial charge in [0.05, 0.1) is 10.6 Å². The van der Waals surface area contributed by atoms with Crippen LogP contribution >= 0.6 is 11.6 Å². The third-order valence-electron chi connectivity index (χ3n) is 4.03. The van der Waals surface area contributed by atoms with Gasteiger partial charge in [0.1, 0.15) is 5.82 Å². The van der Waals surface area contributed by atoms with E-state index >= 15 is 0 Å². The van der Waals surface area contributed by atoms with Crippen molar-refractivity contribution in [2.24, 2.45) is 5.73 Å². The molecule has 1 aliphatic rings. The molecule has 1 saturated carbocycles. The van der Waals surface area contributed by atoms with E-state index < -0.39 is 0 Å². The Morgan fingerprint density at radius 2 is 2.11 bits per heavy atom. The quantitative estimate of drug-likeness (QED) is 0.895. The van der Waals surface area contributed by atoms with E-state index in [4.69, 9.17) is 22.1 Å². The zero-order valence-electron chi connectivity index (χ0n) is 11.3. The summed E-state index contributed by atoms with van der Waals surface area (Å²) in [4.78, 5) is 0. The highest BCUT2D eigenvalue weighted by Crippen LogP contribution is 2.37. The summed E-state index contributed by atoms with van der Waals surface area (Å²) in [5, 5.41) is 0.183. The SMILES string of the molecule is CCOC1(C(N)Cc2cccc(F)c2Cl)CCCC1. The van der Waals surface area contributed by atoms with Crippen LogP contribution < -0.4 is 5.73 Å². The van der Waals surface area contributed by atoms with E-state index in [0.717, 1.165) is 31.2 Å². The molecule has 1 unspecified atom stereocenters. The van der Waals surface area contributed by atoms with E-state index in [-0.39, 0.29) is 22.5 Å². The molecule has 0 aliphatic heterocycles. The molecule has 0 aromatic heterocycles. The predicted molar refractivity (Wildman–Crippen MR) is 75.9 cm³/mol. The van der Waals surface area contributed by atoms with Crippen LogP contribution in [0.5, 0.6) is 0 Å². The molecule has 2 rings (SSSR count). The average molecular weight is 286 g/mol. The Morgan fingerprint density at radius 3 is 2.74 bits per heavy atom. The van der Waals surface area contributed by atoms with Gasteiger partial charge in [0.25, 0.3) is 0 Å². The van der Waals surface area contributed by atoms with Crippen LogP contribution in [0.15, 0.2) is 18.2 Å². The van der Waals surface area contributed by atoms with E-state index in [9.17, 15) is 4.39 Å². The number of hydrogen-bond donors (Lipinski definition) is 1. The first-order valence-electron chi connectivity index (χ1n) is 6.91. The molecule has 106 valence electrons. The lowest BCUT2D eigenvalue weighted by Crippen LogP contribution is -2.49. The second-order valence-electron chi connectivity index (χ2n) is 5.23. The van der Waals surface area contributed by atoms with Gasteiger partial charge in [0.2, 0.25) is 0 Å². The number of hydrogen-bond acceptors (Lipinski definition) is 2. The molecule has 19 heavy (non-hydrogen) atoms. The zero-order chi connectivity index (χ0) is 13.9. The molecule has 2 nitrogen and oxygen atoms in total. The molecule has 1 aliphatic carbocycles. The van der Waals surface area contributed by atoms with Crippen molar-refractivity contribution >= 4 is 11.6 Å². The van der Waals surface area contributed by atoms with Crippen molar-refractivity contribution in [2.75, 3.05) is 6.61 Å². The molecule has 0 saturated heterocycles. The summed E-state index contributed by atoms with van der Waals surface area (Å²) in [5.74, 6) is -0.386. The standard InChI is InChI=1S/C15H21ClFNO/c1-2-19-15(8-3-4-9-15)13(18)10-11-6-5-7-12(17)14(11)16/h5-7,13H,2-4,8-10,18H2,1H3.